The van der Waals surface area contributed by atoms with Crippen molar-refractivity contribution in [3.8, 4) is 0 Å². The van der Waals surface area contributed by atoms with E-state index in [0.29, 0.717) is 6.61 Å². The maximum Gasteiger partial charge on any atom is 0.217 e. The SMILES string of the molecule is CCCCCCCCCCCCOCC(CO)OCC(O)COCC(O)COS(=O)(=O)[O-]. The molecule has 0 aliphatic carbocycles. The van der Waals surface area contributed by atoms with E-state index in [1.165, 1.54) is 51.4 Å². The van der Waals surface area contributed by atoms with E-state index < -0.39 is 35.3 Å². The molecule has 3 N–H and O–H groups in total. The van der Waals surface area contributed by atoms with Gasteiger partial charge in [0.15, 0.2) is 0 Å². The van der Waals surface area contributed by atoms with Crippen LogP contribution < -0.4 is 0 Å². The normalized spacial score (nSPS) is 15.0. The van der Waals surface area contributed by atoms with Crippen LogP contribution >= 0.6 is 0 Å². The Kier molecular flexibility index (Phi) is 20.9. The fraction of sp³-hybridized carbons (Fsp3) is 1.00. The third kappa shape index (κ3) is 22.8. The number of aliphatic hydroxyl groups is 3. The summed E-state index contributed by atoms with van der Waals surface area (Å²) in [4.78, 5) is 0. The molecule has 0 aromatic rings. The second-order valence-corrected chi connectivity index (χ2v) is 8.98. The fourth-order valence-corrected chi connectivity index (χ4v) is 3.23. The van der Waals surface area contributed by atoms with E-state index in [-0.39, 0.29) is 33.0 Å². The van der Waals surface area contributed by atoms with Crippen molar-refractivity contribution in [2.24, 2.45) is 0 Å². The Morgan fingerprint density at radius 2 is 1.28 bits per heavy atom. The molecule has 0 amide bonds. The van der Waals surface area contributed by atoms with Crippen LogP contribution in [0.15, 0.2) is 0 Å². The Hall–Kier alpha value is -0.370. The highest BCUT2D eigenvalue weighted by Crippen LogP contribution is 2.10. The van der Waals surface area contributed by atoms with Crippen LogP contribution in [-0.4, -0.2) is 92.9 Å². The van der Waals surface area contributed by atoms with Crippen LogP contribution in [0, 0.1) is 0 Å². The number of hydrogen-bond donors (Lipinski definition) is 3. The number of ether oxygens (including phenoxy) is 3. The van der Waals surface area contributed by atoms with Gasteiger partial charge in [0.05, 0.1) is 39.6 Å². The van der Waals surface area contributed by atoms with E-state index >= 15 is 0 Å². The van der Waals surface area contributed by atoms with Gasteiger partial charge in [-0.05, 0) is 6.42 Å². The molecule has 194 valence electrons. The minimum atomic E-state index is -4.87. The molecule has 0 aromatic heterocycles. The average Bonchev–Trinajstić information content (AvgIpc) is 2.74. The summed E-state index contributed by atoms with van der Waals surface area (Å²) in [7, 11) is -4.87. The van der Waals surface area contributed by atoms with Crippen molar-refractivity contribution in [2.45, 2.75) is 89.4 Å². The lowest BCUT2D eigenvalue weighted by molar-refractivity contribution is -0.0890. The Morgan fingerprint density at radius 3 is 1.81 bits per heavy atom. The highest BCUT2D eigenvalue weighted by Gasteiger charge is 2.13. The van der Waals surface area contributed by atoms with E-state index in [1.807, 2.05) is 0 Å². The lowest BCUT2D eigenvalue weighted by Crippen LogP contribution is -2.32. The van der Waals surface area contributed by atoms with Crippen LogP contribution in [0.3, 0.4) is 0 Å². The first-order valence-corrected chi connectivity index (χ1v) is 13.0. The van der Waals surface area contributed by atoms with Crippen molar-refractivity contribution in [1.82, 2.24) is 0 Å². The van der Waals surface area contributed by atoms with Crippen molar-refractivity contribution in [3.63, 3.8) is 0 Å². The van der Waals surface area contributed by atoms with E-state index in [1.54, 1.807) is 0 Å². The van der Waals surface area contributed by atoms with Gasteiger partial charge in [-0.15, -0.1) is 0 Å². The average molecular weight is 488 g/mol. The molecule has 0 rings (SSSR count). The van der Waals surface area contributed by atoms with Crippen molar-refractivity contribution in [3.05, 3.63) is 0 Å². The molecule has 0 fully saturated rings. The number of hydrogen-bond acceptors (Lipinski definition) is 10. The monoisotopic (exact) mass is 487 g/mol. The van der Waals surface area contributed by atoms with Crippen molar-refractivity contribution in [2.75, 3.05) is 46.2 Å². The summed E-state index contributed by atoms with van der Waals surface area (Å²) in [5.74, 6) is 0. The molecule has 0 radical (unpaired) electrons. The van der Waals surface area contributed by atoms with Crippen molar-refractivity contribution >= 4 is 10.4 Å². The van der Waals surface area contributed by atoms with Gasteiger partial charge in [-0.25, -0.2) is 8.42 Å². The Morgan fingerprint density at radius 1 is 0.750 bits per heavy atom. The molecule has 0 aliphatic heterocycles. The van der Waals surface area contributed by atoms with Crippen LogP contribution in [0.4, 0.5) is 0 Å². The maximum absolute atomic E-state index is 10.3. The fourth-order valence-electron chi connectivity index (χ4n) is 2.91. The van der Waals surface area contributed by atoms with Crippen LogP contribution in [0.2, 0.25) is 0 Å². The van der Waals surface area contributed by atoms with E-state index in [2.05, 4.69) is 11.1 Å². The molecule has 0 heterocycles. The van der Waals surface area contributed by atoms with Gasteiger partial charge in [-0.3, -0.25) is 4.18 Å². The molecule has 32 heavy (non-hydrogen) atoms. The zero-order valence-corrected chi connectivity index (χ0v) is 20.2. The molecule has 0 saturated carbocycles. The highest BCUT2D eigenvalue weighted by atomic mass is 32.3. The van der Waals surface area contributed by atoms with Gasteiger partial charge in [-0.1, -0.05) is 64.7 Å². The lowest BCUT2D eigenvalue weighted by Gasteiger charge is -2.19. The van der Waals surface area contributed by atoms with Gasteiger partial charge in [0, 0.05) is 6.61 Å². The molecule has 0 spiro atoms. The van der Waals surface area contributed by atoms with Gasteiger partial charge in [0.25, 0.3) is 0 Å². The van der Waals surface area contributed by atoms with Crippen LogP contribution in [-0.2, 0) is 28.8 Å². The minimum absolute atomic E-state index is 0.103. The van der Waals surface area contributed by atoms with E-state index in [0.717, 1.165) is 12.8 Å². The summed E-state index contributed by atoms with van der Waals surface area (Å²) in [6.07, 6.45) is 9.57. The third-order valence-electron chi connectivity index (χ3n) is 4.70. The standard InChI is InChI=1S/C21H44O10S/c1-2-3-4-5-6-7-8-9-10-11-12-28-18-21(13-22)30-16-19(23)14-29-15-20(24)17-31-32(25,26)27/h19-24H,2-18H2,1H3,(H,25,26,27)/p-1. The van der Waals surface area contributed by atoms with Crippen LogP contribution in [0.25, 0.3) is 0 Å². The molecular formula is C21H43O10S-. The van der Waals surface area contributed by atoms with E-state index in [9.17, 15) is 28.3 Å². The molecule has 0 aromatic carbocycles. The summed E-state index contributed by atoms with van der Waals surface area (Å²) >= 11 is 0. The first-order chi connectivity index (χ1) is 15.3. The predicted octanol–water partition coefficient (Wildman–Crippen LogP) is 1.52. The van der Waals surface area contributed by atoms with Crippen molar-refractivity contribution < 1.29 is 46.7 Å². The maximum atomic E-state index is 10.3. The summed E-state index contributed by atoms with van der Waals surface area (Å²) < 4.78 is 50.7. The topological polar surface area (TPSA) is 155 Å². The molecule has 3 atom stereocenters. The Balaban J connectivity index is 3.60. The van der Waals surface area contributed by atoms with Gasteiger partial charge < -0.3 is 34.1 Å². The predicted molar refractivity (Wildman–Crippen MR) is 118 cm³/mol. The molecule has 0 bridgehead atoms. The lowest BCUT2D eigenvalue weighted by atomic mass is 10.1. The van der Waals surface area contributed by atoms with E-state index in [4.69, 9.17) is 14.2 Å². The zero-order valence-electron chi connectivity index (χ0n) is 19.4. The Bertz CT molecular complexity index is 503. The van der Waals surface area contributed by atoms with Gasteiger partial charge in [0.2, 0.25) is 10.4 Å². The molecule has 10 nitrogen and oxygen atoms in total. The smallest absolute Gasteiger partial charge is 0.217 e. The third-order valence-corrected chi connectivity index (χ3v) is 5.12. The second-order valence-electron chi connectivity index (χ2n) is 7.93. The number of aliphatic hydroxyl groups excluding tert-OH is 3. The number of rotatable bonds is 24. The zero-order chi connectivity index (χ0) is 24.1. The Labute approximate surface area is 193 Å². The summed E-state index contributed by atoms with van der Waals surface area (Å²) in [5, 5.41) is 28.6. The second kappa shape index (κ2) is 21.2. The summed E-state index contributed by atoms with van der Waals surface area (Å²) in [6.45, 7) is 1.47. The van der Waals surface area contributed by atoms with Gasteiger partial charge in [0.1, 0.15) is 18.3 Å². The first-order valence-electron chi connectivity index (χ1n) is 11.6. The van der Waals surface area contributed by atoms with Crippen LogP contribution in [0.5, 0.6) is 0 Å². The molecule has 0 aliphatic rings. The molecular weight excluding hydrogens is 444 g/mol. The largest absolute Gasteiger partial charge is 0.726 e. The van der Waals surface area contributed by atoms with Crippen molar-refractivity contribution in [1.29, 1.82) is 0 Å². The van der Waals surface area contributed by atoms with Crippen LogP contribution in [0.1, 0.15) is 71.1 Å². The number of unbranched alkanes of at least 4 members (excludes halogenated alkanes) is 9. The first kappa shape index (κ1) is 31.6. The summed E-state index contributed by atoms with van der Waals surface area (Å²) in [6, 6.07) is 0. The molecule has 11 heteroatoms. The summed E-state index contributed by atoms with van der Waals surface area (Å²) in [5.41, 5.74) is 0. The molecule has 0 saturated heterocycles. The highest BCUT2D eigenvalue weighted by molar-refractivity contribution is 7.80. The molecule has 3 unspecified atom stereocenters. The minimum Gasteiger partial charge on any atom is -0.726 e. The van der Waals surface area contributed by atoms with Gasteiger partial charge in [-0.2, -0.15) is 0 Å². The van der Waals surface area contributed by atoms with Gasteiger partial charge >= 0.3 is 0 Å². The quantitative estimate of drug-likeness (QED) is 0.104.